The van der Waals surface area contributed by atoms with Crippen LogP contribution in [0.15, 0.2) is 29.3 Å². The quantitative estimate of drug-likeness (QED) is 0.376. The minimum atomic E-state index is -4.35. The van der Waals surface area contributed by atoms with Crippen LogP contribution in [-0.2, 0) is 22.6 Å². The monoisotopic (exact) mass is 493 g/mol. The van der Waals surface area contributed by atoms with E-state index in [1.807, 2.05) is 6.92 Å². The number of hydrogen-bond donors (Lipinski definition) is 1. The van der Waals surface area contributed by atoms with E-state index in [1.165, 1.54) is 12.1 Å². The van der Waals surface area contributed by atoms with Gasteiger partial charge in [-0.3, -0.25) is 4.99 Å². The molecule has 0 spiro atoms. The maximum absolute atomic E-state index is 12.6. The first kappa shape index (κ1) is 24.0. The number of nitrogens with zero attached hydrogens (tertiary/aromatic N) is 2. The van der Waals surface area contributed by atoms with E-state index in [0.29, 0.717) is 24.6 Å². The van der Waals surface area contributed by atoms with Crippen LogP contribution in [0.2, 0.25) is 0 Å². The van der Waals surface area contributed by atoms with Gasteiger partial charge in [-0.1, -0.05) is 12.1 Å². The predicted molar refractivity (Wildman–Crippen MR) is 104 cm³/mol. The summed E-state index contributed by atoms with van der Waals surface area (Å²) in [5.74, 6) is 0.441. The molecule has 0 bridgehead atoms. The Bertz CT molecular complexity index is 662. The van der Waals surface area contributed by atoms with Crippen molar-refractivity contribution in [1.29, 1.82) is 0 Å². The van der Waals surface area contributed by atoms with Crippen molar-refractivity contribution in [2.24, 2.45) is 4.99 Å². The first-order valence-electron chi connectivity index (χ1n) is 7.36. The number of sulfone groups is 1. The number of nitrogens with one attached hydrogen (secondary N) is 1. The molecule has 0 radical (unpaired) electrons. The lowest BCUT2D eigenvalue weighted by Gasteiger charge is -2.22. The molecule has 1 N–H and O–H groups in total. The Hall–Kier alpha value is -1.04. The highest BCUT2D eigenvalue weighted by Gasteiger charge is 2.29. The lowest BCUT2D eigenvalue weighted by Crippen LogP contribution is -2.38. The second-order valence-corrected chi connectivity index (χ2v) is 7.68. The summed E-state index contributed by atoms with van der Waals surface area (Å²) in [6, 6.07) is 4.91. The summed E-state index contributed by atoms with van der Waals surface area (Å²) in [5.41, 5.74) is 0.00171. The van der Waals surface area contributed by atoms with E-state index in [0.717, 1.165) is 18.4 Å². The summed E-state index contributed by atoms with van der Waals surface area (Å²) in [7, 11) is -1.36. The second-order valence-electron chi connectivity index (χ2n) is 5.42. The zero-order chi connectivity index (χ0) is 18.4. The molecule has 0 saturated carbocycles. The summed E-state index contributed by atoms with van der Waals surface area (Å²) in [6.07, 6.45) is -3.21. The Balaban J connectivity index is 0.00000576. The number of rotatable bonds is 6. The number of hydrogen-bond acceptors (Lipinski definition) is 3. The molecule has 0 aliphatic rings. The van der Waals surface area contributed by atoms with Crippen molar-refractivity contribution in [3.8, 4) is 0 Å². The topological polar surface area (TPSA) is 61.8 Å². The van der Waals surface area contributed by atoms with Crippen molar-refractivity contribution < 1.29 is 21.6 Å². The molecule has 0 saturated heterocycles. The van der Waals surface area contributed by atoms with Gasteiger partial charge in [0.15, 0.2) is 5.96 Å². The van der Waals surface area contributed by atoms with Crippen molar-refractivity contribution in [2.75, 3.05) is 32.1 Å². The molecule has 0 amide bonds. The molecule has 0 unspecified atom stereocenters. The van der Waals surface area contributed by atoms with Crippen molar-refractivity contribution in [3.63, 3.8) is 0 Å². The van der Waals surface area contributed by atoms with Gasteiger partial charge in [-0.05, 0) is 24.6 Å². The Labute approximate surface area is 163 Å². The minimum Gasteiger partial charge on any atom is -0.357 e. The fourth-order valence-electron chi connectivity index (χ4n) is 1.93. The lowest BCUT2D eigenvalue weighted by molar-refractivity contribution is -0.137. The first-order chi connectivity index (χ1) is 11.0. The highest BCUT2D eigenvalue weighted by Crippen LogP contribution is 2.29. The molecular formula is C15H23F3IN3O2S. The van der Waals surface area contributed by atoms with Crippen molar-refractivity contribution >= 4 is 39.8 Å². The van der Waals surface area contributed by atoms with Gasteiger partial charge in [0.25, 0.3) is 0 Å². The Morgan fingerprint density at radius 2 is 1.80 bits per heavy atom. The van der Waals surface area contributed by atoms with E-state index < -0.39 is 21.6 Å². The Morgan fingerprint density at radius 1 is 1.24 bits per heavy atom. The van der Waals surface area contributed by atoms with E-state index in [-0.39, 0.29) is 36.3 Å². The van der Waals surface area contributed by atoms with Crippen LogP contribution in [0.5, 0.6) is 0 Å². The predicted octanol–water partition coefficient (Wildman–Crippen LogP) is 2.77. The van der Waals surface area contributed by atoms with E-state index in [9.17, 15) is 21.6 Å². The highest BCUT2D eigenvalue weighted by molar-refractivity contribution is 14.0. The summed E-state index contributed by atoms with van der Waals surface area (Å²) in [4.78, 5) is 5.95. The molecule has 0 heterocycles. The lowest BCUT2D eigenvalue weighted by atomic mass is 10.1. The molecule has 0 fully saturated rings. The molecule has 0 aromatic heterocycles. The van der Waals surface area contributed by atoms with Gasteiger partial charge in [0.2, 0.25) is 0 Å². The maximum atomic E-state index is 12.6. The summed E-state index contributed by atoms with van der Waals surface area (Å²) in [6.45, 7) is 2.94. The average molecular weight is 493 g/mol. The third-order valence-electron chi connectivity index (χ3n) is 3.12. The Kier molecular flexibility index (Phi) is 9.77. The largest absolute Gasteiger partial charge is 0.416 e. The molecule has 1 rings (SSSR count). The van der Waals surface area contributed by atoms with Gasteiger partial charge < -0.3 is 10.2 Å². The molecule has 5 nitrogen and oxygen atoms in total. The molecule has 0 aliphatic carbocycles. The molecule has 0 aliphatic heterocycles. The van der Waals surface area contributed by atoms with E-state index >= 15 is 0 Å². The summed E-state index contributed by atoms with van der Waals surface area (Å²) in [5, 5.41) is 3.03. The summed E-state index contributed by atoms with van der Waals surface area (Å²) < 4.78 is 60.0. The molecular weight excluding hydrogens is 470 g/mol. The first-order valence-corrected chi connectivity index (χ1v) is 9.42. The van der Waals surface area contributed by atoms with Gasteiger partial charge >= 0.3 is 6.18 Å². The molecule has 10 heteroatoms. The highest BCUT2D eigenvalue weighted by atomic mass is 127. The number of benzene rings is 1. The summed E-state index contributed by atoms with van der Waals surface area (Å²) >= 11 is 0. The van der Waals surface area contributed by atoms with Crippen LogP contribution in [0.1, 0.15) is 18.1 Å². The van der Waals surface area contributed by atoms with E-state index in [2.05, 4.69) is 10.3 Å². The normalized spacial score (nSPS) is 12.5. The van der Waals surface area contributed by atoms with Gasteiger partial charge in [-0.25, -0.2) is 8.42 Å². The third-order valence-corrected chi connectivity index (χ3v) is 4.05. The van der Waals surface area contributed by atoms with Crippen LogP contribution in [0.4, 0.5) is 13.2 Å². The SMILES string of the molecule is CCNC(=NCCS(C)(=O)=O)N(C)Cc1ccc(C(F)(F)F)cc1.I. The van der Waals surface area contributed by atoms with Gasteiger partial charge in [-0.15, -0.1) is 24.0 Å². The number of guanidine groups is 1. The molecule has 25 heavy (non-hydrogen) atoms. The maximum Gasteiger partial charge on any atom is 0.416 e. The van der Waals surface area contributed by atoms with E-state index in [4.69, 9.17) is 0 Å². The van der Waals surface area contributed by atoms with Crippen LogP contribution in [0, 0.1) is 0 Å². The molecule has 144 valence electrons. The Morgan fingerprint density at radius 3 is 2.24 bits per heavy atom. The molecule has 1 aromatic rings. The molecule has 0 atom stereocenters. The molecule has 1 aromatic carbocycles. The zero-order valence-electron chi connectivity index (χ0n) is 14.3. The number of halogens is 4. The van der Waals surface area contributed by atoms with Crippen LogP contribution in [0.25, 0.3) is 0 Å². The number of aliphatic imine (C=N–C) groups is 1. The standard InChI is InChI=1S/C15H22F3N3O2S.HI/c1-4-19-14(20-9-10-24(3,22)23)21(2)11-12-5-7-13(8-6-12)15(16,17)18;/h5-8H,4,9-11H2,1-3H3,(H,19,20);1H. The van der Waals surface area contributed by atoms with Gasteiger partial charge in [0, 0.05) is 26.4 Å². The zero-order valence-corrected chi connectivity index (χ0v) is 17.4. The van der Waals surface area contributed by atoms with Crippen molar-refractivity contribution in [3.05, 3.63) is 35.4 Å². The fourth-order valence-corrected chi connectivity index (χ4v) is 2.36. The van der Waals surface area contributed by atoms with Crippen molar-refractivity contribution in [1.82, 2.24) is 10.2 Å². The van der Waals surface area contributed by atoms with Crippen molar-refractivity contribution in [2.45, 2.75) is 19.6 Å². The fraction of sp³-hybridized carbons (Fsp3) is 0.533. The van der Waals surface area contributed by atoms with Gasteiger partial charge in [-0.2, -0.15) is 13.2 Å². The number of alkyl halides is 3. The van der Waals surface area contributed by atoms with Gasteiger partial charge in [0.1, 0.15) is 9.84 Å². The van der Waals surface area contributed by atoms with Crippen LogP contribution < -0.4 is 5.32 Å². The van der Waals surface area contributed by atoms with Crippen LogP contribution in [-0.4, -0.2) is 51.4 Å². The van der Waals surface area contributed by atoms with Gasteiger partial charge in [0.05, 0.1) is 17.9 Å². The average Bonchev–Trinajstić information content (AvgIpc) is 2.44. The third kappa shape index (κ3) is 9.28. The smallest absolute Gasteiger partial charge is 0.357 e. The van der Waals surface area contributed by atoms with Crippen LogP contribution in [0.3, 0.4) is 0 Å². The van der Waals surface area contributed by atoms with E-state index in [1.54, 1.807) is 11.9 Å². The minimum absolute atomic E-state index is 0. The second kappa shape index (κ2) is 10.2. The van der Waals surface area contributed by atoms with Crippen LogP contribution >= 0.6 is 24.0 Å².